The fourth-order valence-electron chi connectivity index (χ4n) is 1.81. The van der Waals surface area contributed by atoms with Crippen molar-refractivity contribution in [1.82, 2.24) is 5.43 Å². The molecule has 0 aliphatic heterocycles. The van der Waals surface area contributed by atoms with Crippen LogP contribution in [-0.2, 0) is 6.18 Å². The molecule has 0 aromatic heterocycles. The molecule has 2 aromatic rings. The molecule has 1 N–H and O–H groups in total. The van der Waals surface area contributed by atoms with Crippen LogP contribution in [-0.4, -0.2) is 12.1 Å². The first kappa shape index (κ1) is 15.8. The van der Waals surface area contributed by atoms with Crippen molar-refractivity contribution in [3.05, 3.63) is 70.8 Å². The van der Waals surface area contributed by atoms with E-state index in [4.69, 9.17) is 0 Å². The van der Waals surface area contributed by atoms with E-state index in [0.29, 0.717) is 0 Å². The van der Waals surface area contributed by atoms with Crippen molar-refractivity contribution >= 4 is 12.1 Å². The van der Waals surface area contributed by atoms with Crippen molar-refractivity contribution in [2.45, 2.75) is 13.1 Å². The summed E-state index contributed by atoms with van der Waals surface area (Å²) in [7, 11) is 0. The Balaban J connectivity index is 2.12. The van der Waals surface area contributed by atoms with Crippen LogP contribution in [0.3, 0.4) is 0 Å². The molecule has 0 bridgehead atoms. The number of amides is 1. The maximum absolute atomic E-state index is 12.8. The van der Waals surface area contributed by atoms with Crippen LogP contribution in [0.25, 0.3) is 0 Å². The van der Waals surface area contributed by atoms with Gasteiger partial charge in [0, 0.05) is 0 Å². The highest BCUT2D eigenvalue weighted by Crippen LogP contribution is 2.31. The zero-order chi connectivity index (χ0) is 16.2. The number of benzene rings is 2. The first-order valence-electron chi connectivity index (χ1n) is 6.44. The summed E-state index contributed by atoms with van der Waals surface area (Å²) in [5.74, 6) is -0.906. The zero-order valence-electron chi connectivity index (χ0n) is 11.7. The lowest BCUT2D eigenvalue weighted by Gasteiger charge is -2.10. The van der Waals surface area contributed by atoms with Crippen molar-refractivity contribution in [3.8, 4) is 0 Å². The Bertz CT molecular complexity index is 691. The van der Waals surface area contributed by atoms with Gasteiger partial charge in [0.25, 0.3) is 5.91 Å². The topological polar surface area (TPSA) is 41.5 Å². The molecule has 0 unspecified atom stereocenters. The quantitative estimate of drug-likeness (QED) is 0.680. The minimum Gasteiger partial charge on any atom is -0.267 e. The number of hydrazone groups is 1. The molecule has 6 heteroatoms. The molecule has 0 heterocycles. The average molecular weight is 306 g/mol. The van der Waals surface area contributed by atoms with Gasteiger partial charge in [-0.1, -0.05) is 42.0 Å². The van der Waals surface area contributed by atoms with Gasteiger partial charge < -0.3 is 0 Å². The number of hydrogen-bond donors (Lipinski definition) is 1. The van der Waals surface area contributed by atoms with Gasteiger partial charge in [-0.05, 0) is 24.6 Å². The van der Waals surface area contributed by atoms with Gasteiger partial charge >= 0.3 is 6.18 Å². The Labute approximate surface area is 125 Å². The number of rotatable bonds is 3. The Kier molecular flexibility index (Phi) is 4.60. The van der Waals surface area contributed by atoms with E-state index in [1.165, 1.54) is 18.3 Å². The first-order valence-corrected chi connectivity index (χ1v) is 6.44. The predicted molar refractivity (Wildman–Crippen MR) is 77.7 cm³/mol. The number of hydrogen-bond acceptors (Lipinski definition) is 2. The second kappa shape index (κ2) is 6.43. The van der Waals surface area contributed by atoms with E-state index in [1.54, 1.807) is 12.1 Å². The fraction of sp³-hybridized carbons (Fsp3) is 0.125. The third-order valence-electron chi connectivity index (χ3n) is 2.93. The molecule has 2 aromatic carbocycles. The molecular weight excluding hydrogens is 293 g/mol. The van der Waals surface area contributed by atoms with Crippen LogP contribution in [0.2, 0.25) is 0 Å². The van der Waals surface area contributed by atoms with Crippen molar-refractivity contribution in [2.75, 3.05) is 0 Å². The summed E-state index contributed by atoms with van der Waals surface area (Å²) in [5.41, 5.74) is 2.46. The zero-order valence-corrected chi connectivity index (χ0v) is 11.7. The number of nitrogens with zero attached hydrogens (tertiary/aromatic N) is 1. The smallest absolute Gasteiger partial charge is 0.267 e. The Morgan fingerprint density at radius 2 is 1.73 bits per heavy atom. The molecule has 0 saturated carbocycles. The van der Waals surface area contributed by atoms with Gasteiger partial charge in [0.15, 0.2) is 0 Å². The lowest BCUT2D eigenvalue weighted by Crippen LogP contribution is -2.22. The number of nitrogens with one attached hydrogen (secondary N) is 1. The van der Waals surface area contributed by atoms with Crippen molar-refractivity contribution in [1.29, 1.82) is 0 Å². The number of aryl methyl sites for hydroxylation is 1. The third kappa shape index (κ3) is 3.94. The van der Waals surface area contributed by atoms with Crippen LogP contribution in [0.1, 0.15) is 27.0 Å². The van der Waals surface area contributed by atoms with Gasteiger partial charge in [0.1, 0.15) is 0 Å². The van der Waals surface area contributed by atoms with Gasteiger partial charge in [-0.2, -0.15) is 18.3 Å². The summed E-state index contributed by atoms with van der Waals surface area (Å²) in [6.07, 6.45) is -3.22. The molecule has 3 nitrogen and oxygen atoms in total. The maximum atomic E-state index is 12.8. The summed E-state index contributed by atoms with van der Waals surface area (Å²) in [6.45, 7) is 1.93. The van der Waals surface area contributed by atoms with Crippen LogP contribution in [0.15, 0.2) is 53.6 Å². The molecule has 114 valence electrons. The van der Waals surface area contributed by atoms with E-state index < -0.39 is 23.2 Å². The standard InChI is InChI=1S/C16H13F3N2O/c1-11-6-8-12(9-7-11)10-20-21-15(22)13-4-2-3-5-14(13)16(17,18)19/h2-10H,1H3,(H,21,22)/b20-10+. The summed E-state index contributed by atoms with van der Waals surface area (Å²) in [6, 6.07) is 11.9. The van der Waals surface area contributed by atoms with Gasteiger partial charge in [-0.3, -0.25) is 4.79 Å². The van der Waals surface area contributed by atoms with Crippen molar-refractivity contribution < 1.29 is 18.0 Å². The SMILES string of the molecule is Cc1ccc(/C=N/NC(=O)c2ccccc2C(F)(F)F)cc1. The van der Waals surface area contributed by atoms with Crippen LogP contribution in [0.4, 0.5) is 13.2 Å². The van der Waals surface area contributed by atoms with E-state index >= 15 is 0 Å². The molecule has 0 fully saturated rings. The summed E-state index contributed by atoms with van der Waals surface area (Å²) in [5, 5.41) is 3.68. The lowest BCUT2D eigenvalue weighted by molar-refractivity contribution is -0.137. The Hall–Kier alpha value is -2.63. The predicted octanol–water partition coefficient (Wildman–Crippen LogP) is 3.78. The third-order valence-corrected chi connectivity index (χ3v) is 2.93. The molecule has 0 spiro atoms. The molecule has 1 amide bonds. The average Bonchev–Trinajstić information content (AvgIpc) is 2.48. The number of alkyl halides is 3. The molecule has 22 heavy (non-hydrogen) atoms. The highest BCUT2D eigenvalue weighted by Gasteiger charge is 2.34. The van der Waals surface area contributed by atoms with Gasteiger partial charge in [-0.25, -0.2) is 5.43 Å². The maximum Gasteiger partial charge on any atom is 0.417 e. The van der Waals surface area contributed by atoms with Crippen molar-refractivity contribution in [3.63, 3.8) is 0 Å². The van der Waals surface area contributed by atoms with E-state index in [2.05, 4.69) is 10.5 Å². The van der Waals surface area contributed by atoms with Gasteiger partial charge in [-0.15, -0.1) is 0 Å². The number of carbonyl (C=O) groups is 1. The molecule has 0 radical (unpaired) electrons. The van der Waals surface area contributed by atoms with E-state index in [0.717, 1.165) is 23.3 Å². The van der Waals surface area contributed by atoms with Gasteiger partial charge in [0.05, 0.1) is 17.3 Å². The Morgan fingerprint density at radius 3 is 2.36 bits per heavy atom. The minimum atomic E-state index is -4.59. The van der Waals surface area contributed by atoms with Crippen LogP contribution in [0.5, 0.6) is 0 Å². The van der Waals surface area contributed by atoms with Crippen LogP contribution < -0.4 is 5.43 Å². The second-order valence-corrected chi connectivity index (χ2v) is 4.65. The number of carbonyl (C=O) groups excluding carboxylic acids is 1. The highest BCUT2D eigenvalue weighted by molar-refractivity contribution is 5.96. The largest absolute Gasteiger partial charge is 0.417 e. The Morgan fingerprint density at radius 1 is 1.09 bits per heavy atom. The molecule has 0 atom stereocenters. The first-order chi connectivity index (χ1) is 10.4. The van der Waals surface area contributed by atoms with Crippen LogP contribution >= 0.6 is 0 Å². The van der Waals surface area contributed by atoms with E-state index in [-0.39, 0.29) is 0 Å². The highest BCUT2D eigenvalue weighted by atomic mass is 19.4. The number of halogens is 3. The van der Waals surface area contributed by atoms with Crippen molar-refractivity contribution in [2.24, 2.45) is 5.10 Å². The molecule has 0 aliphatic carbocycles. The molecular formula is C16H13F3N2O. The normalized spacial score (nSPS) is 11.6. The van der Waals surface area contributed by atoms with E-state index in [1.807, 2.05) is 19.1 Å². The molecule has 0 saturated heterocycles. The summed E-state index contributed by atoms with van der Waals surface area (Å²) < 4.78 is 38.4. The second-order valence-electron chi connectivity index (χ2n) is 4.65. The molecule has 2 rings (SSSR count). The van der Waals surface area contributed by atoms with E-state index in [9.17, 15) is 18.0 Å². The lowest BCUT2D eigenvalue weighted by atomic mass is 10.1. The van der Waals surface area contributed by atoms with Crippen LogP contribution in [0, 0.1) is 6.92 Å². The monoisotopic (exact) mass is 306 g/mol. The molecule has 0 aliphatic rings. The fourth-order valence-corrected chi connectivity index (χ4v) is 1.81. The summed E-state index contributed by atoms with van der Waals surface area (Å²) in [4.78, 5) is 11.8. The minimum absolute atomic E-state index is 0.462. The summed E-state index contributed by atoms with van der Waals surface area (Å²) >= 11 is 0. The van der Waals surface area contributed by atoms with Gasteiger partial charge in [0.2, 0.25) is 0 Å².